The highest BCUT2D eigenvalue weighted by atomic mass is 32.2. The number of rotatable bonds is 8. The third-order valence-electron chi connectivity index (χ3n) is 4.90. The Morgan fingerprint density at radius 2 is 1.67 bits per heavy atom. The number of furan rings is 1. The molecule has 10 heteroatoms. The molecule has 174 valence electrons. The van der Waals surface area contributed by atoms with Gasteiger partial charge in [-0.25, -0.2) is 13.2 Å². The van der Waals surface area contributed by atoms with Crippen LogP contribution in [0.2, 0.25) is 0 Å². The Morgan fingerprint density at radius 3 is 2.30 bits per heavy atom. The van der Waals surface area contributed by atoms with Gasteiger partial charge in [0.15, 0.2) is 0 Å². The zero-order valence-electron chi connectivity index (χ0n) is 18.6. The van der Waals surface area contributed by atoms with Crippen LogP contribution < -0.4 is 14.8 Å². The van der Waals surface area contributed by atoms with Gasteiger partial charge in [-0.2, -0.15) is 0 Å². The van der Waals surface area contributed by atoms with E-state index in [-0.39, 0.29) is 22.6 Å². The number of carbonyl (C=O) groups is 2. The fourth-order valence-corrected chi connectivity index (χ4v) is 4.18. The molecule has 1 aromatic heterocycles. The van der Waals surface area contributed by atoms with Gasteiger partial charge in [0.05, 0.1) is 25.7 Å². The summed E-state index contributed by atoms with van der Waals surface area (Å²) < 4.78 is 43.4. The molecular weight excluding hydrogens is 448 g/mol. The van der Waals surface area contributed by atoms with Crippen LogP contribution in [0.4, 0.5) is 5.69 Å². The SMILES string of the molecule is COC(=O)c1cc(CNC(=O)c2cc(S(=O)(=O)Nc3ccc(OC)cc3)ccc2C)oc1C. The lowest BCUT2D eigenvalue weighted by atomic mass is 10.1. The number of anilines is 1. The van der Waals surface area contributed by atoms with E-state index in [0.717, 1.165) is 0 Å². The summed E-state index contributed by atoms with van der Waals surface area (Å²) in [5.41, 5.74) is 1.43. The molecule has 0 fully saturated rings. The van der Waals surface area contributed by atoms with Gasteiger partial charge in [0.25, 0.3) is 15.9 Å². The predicted molar refractivity (Wildman–Crippen MR) is 121 cm³/mol. The van der Waals surface area contributed by atoms with E-state index in [0.29, 0.717) is 28.5 Å². The fourth-order valence-electron chi connectivity index (χ4n) is 3.09. The first-order chi connectivity index (χ1) is 15.6. The summed E-state index contributed by atoms with van der Waals surface area (Å²) in [4.78, 5) is 24.4. The number of esters is 1. The van der Waals surface area contributed by atoms with Crippen molar-refractivity contribution >= 4 is 27.6 Å². The Hall–Kier alpha value is -3.79. The quantitative estimate of drug-likeness (QED) is 0.481. The summed E-state index contributed by atoms with van der Waals surface area (Å²) >= 11 is 0. The molecule has 0 spiro atoms. The molecule has 0 aliphatic heterocycles. The van der Waals surface area contributed by atoms with Gasteiger partial charge < -0.3 is 19.2 Å². The Bertz CT molecular complexity index is 1280. The first kappa shape index (κ1) is 23.9. The minimum atomic E-state index is -3.93. The zero-order valence-corrected chi connectivity index (χ0v) is 19.4. The number of ether oxygens (including phenoxy) is 2. The predicted octanol–water partition coefficient (Wildman–Crippen LogP) is 3.42. The van der Waals surface area contributed by atoms with Crippen molar-refractivity contribution in [2.24, 2.45) is 0 Å². The van der Waals surface area contributed by atoms with Crippen LogP contribution in [0, 0.1) is 13.8 Å². The van der Waals surface area contributed by atoms with E-state index in [2.05, 4.69) is 14.8 Å². The lowest BCUT2D eigenvalue weighted by molar-refractivity contribution is 0.0598. The minimum Gasteiger partial charge on any atom is -0.497 e. The summed E-state index contributed by atoms with van der Waals surface area (Å²) in [6, 6.07) is 12.2. The molecule has 0 saturated heterocycles. The Morgan fingerprint density at radius 1 is 0.970 bits per heavy atom. The minimum absolute atomic E-state index is 0.0111. The van der Waals surface area contributed by atoms with Gasteiger partial charge in [-0.05, 0) is 61.9 Å². The molecule has 0 saturated carbocycles. The lowest BCUT2D eigenvalue weighted by Gasteiger charge is -2.12. The van der Waals surface area contributed by atoms with E-state index in [1.807, 2.05) is 0 Å². The van der Waals surface area contributed by atoms with E-state index < -0.39 is 21.9 Å². The normalized spacial score (nSPS) is 11.0. The molecule has 3 rings (SSSR count). The van der Waals surface area contributed by atoms with Crippen molar-refractivity contribution in [1.29, 1.82) is 0 Å². The van der Waals surface area contributed by atoms with Crippen LogP contribution in [0.15, 0.2) is 57.8 Å². The number of carbonyl (C=O) groups excluding carboxylic acids is 2. The largest absolute Gasteiger partial charge is 0.497 e. The van der Waals surface area contributed by atoms with Crippen LogP contribution >= 0.6 is 0 Å². The molecule has 0 radical (unpaired) electrons. The van der Waals surface area contributed by atoms with Gasteiger partial charge in [0.2, 0.25) is 0 Å². The van der Waals surface area contributed by atoms with Gasteiger partial charge in [0, 0.05) is 11.3 Å². The molecule has 1 amide bonds. The summed E-state index contributed by atoms with van der Waals surface area (Å²) in [7, 11) is -1.14. The van der Waals surface area contributed by atoms with E-state index in [4.69, 9.17) is 9.15 Å². The van der Waals surface area contributed by atoms with Gasteiger partial charge in [-0.1, -0.05) is 6.07 Å². The van der Waals surface area contributed by atoms with Crippen LogP contribution in [0.25, 0.3) is 0 Å². The molecule has 2 aromatic carbocycles. The smallest absolute Gasteiger partial charge is 0.341 e. The second-order valence-electron chi connectivity index (χ2n) is 7.17. The molecule has 33 heavy (non-hydrogen) atoms. The highest BCUT2D eigenvalue weighted by Gasteiger charge is 2.20. The maximum absolute atomic E-state index is 12.8. The summed E-state index contributed by atoms with van der Waals surface area (Å²) in [5, 5.41) is 2.68. The number of hydrogen-bond donors (Lipinski definition) is 2. The van der Waals surface area contributed by atoms with Crippen molar-refractivity contribution in [2.75, 3.05) is 18.9 Å². The molecule has 0 unspecified atom stereocenters. The topological polar surface area (TPSA) is 124 Å². The summed E-state index contributed by atoms with van der Waals surface area (Å²) in [5.74, 6) is 0.316. The number of methoxy groups -OCH3 is 2. The Kier molecular flexibility index (Phi) is 7.07. The standard InChI is InChI=1S/C23H24N2O7S/c1-14-5-10-19(33(28,29)25-16-6-8-17(30-3)9-7-16)12-20(14)22(26)24-13-18-11-21(15(2)32-18)23(27)31-4/h5-12,25H,13H2,1-4H3,(H,24,26). The molecule has 9 nitrogen and oxygen atoms in total. The van der Waals surface area contributed by atoms with Crippen molar-refractivity contribution in [3.8, 4) is 5.75 Å². The van der Waals surface area contributed by atoms with Crippen LogP contribution in [0.5, 0.6) is 5.75 Å². The number of benzene rings is 2. The molecular formula is C23H24N2O7S. The fraction of sp³-hybridized carbons (Fsp3) is 0.217. The first-order valence-corrected chi connectivity index (χ1v) is 11.4. The Balaban J connectivity index is 1.76. The molecule has 2 N–H and O–H groups in total. The third-order valence-corrected chi connectivity index (χ3v) is 6.28. The second kappa shape index (κ2) is 9.78. The van der Waals surface area contributed by atoms with Gasteiger partial charge in [0.1, 0.15) is 22.8 Å². The second-order valence-corrected chi connectivity index (χ2v) is 8.85. The number of amides is 1. The highest BCUT2D eigenvalue weighted by Crippen LogP contribution is 2.22. The van der Waals surface area contributed by atoms with Crippen molar-refractivity contribution in [3.63, 3.8) is 0 Å². The van der Waals surface area contributed by atoms with Crippen molar-refractivity contribution in [1.82, 2.24) is 5.32 Å². The van der Waals surface area contributed by atoms with E-state index in [9.17, 15) is 18.0 Å². The summed E-state index contributed by atoms with van der Waals surface area (Å²) in [6.45, 7) is 3.33. The van der Waals surface area contributed by atoms with Crippen molar-refractivity contribution in [2.45, 2.75) is 25.3 Å². The molecule has 0 aliphatic carbocycles. The van der Waals surface area contributed by atoms with Gasteiger partial charge in [-0.3, -0.25) is 9.52 Å². The average molecular weight is 473 g/mol. The molecule has 0 bridgehead atoms. The molecule has 1 heterocycles. The maximum atomic E-state index is 12.8. The van der Waals surface area contributed by atoms with Crippen LogP contribution in [0.1, 0.15) is 37.8 Å². The van der Waals surface area contributed by atoms with Crippen molar-refractivity contribution < 1.29 is 31.9 Å². The van der Waals surface area contributed by atoms with Crippen LogP contribution in [-0.4, -0.2) is 34.5 Å². The molecule has 0 atom stereocenters. The van der Waals surface area contributed by atoms with Crippen LogP contribution in [-0.2, 0) is 21.3 Å². The summed E-state index contributed by atoms with van der Waals surface area (Å²) in [6.07, 6.45) is 0. The first-order valence-electron chi connectivity index (χ1n) is 9.88. The number of hydrogen-bond acceptors (Lipinski definition) is 7. The van der Waals surface area contributed by atoms with Crippen LogP contribution in [0.3, 0.4) is 0 Å². The zero-order chi connectivity index (χ0) is 24.2. The van der Waals surface area contributed by atoms with E-state index >= 15 is 0 Å². The van der Waals surface area contributed by atoms with Gasteiger partial charge in [-0.15, -0.1) is 0 Å². The maximum Gasteiger partial charge on any atom is 0.341 e. The highest BCUT2D eigenvalue weighted by molar-refractivity contribution is 7.92. The molecule has 0 aliphatic rings. The van der Waals surface area contributed by atoms with E-state index in [1.54, 1.807) is 44.2 Å². The number of aryl methyl sites for hydroxylation is 2. The lowest BCUT2D eigenvalue weighted by Crippen LogP contribution is -2.24. The van der Waals surface area contributed by atoms with E-state index in [1.165, 1.54) is 32.4 Å². The number of sulfonamides is 1. The van der Waals surface area contributed by atoms with Crippen molar-refractivity contribution in [3.05, 3.63) is 76.7 Å². The average Bonchev–Trinajstić information content (AvgIpc) is 3.17. The monoisotopic (exact) mass is 472 g/mol. The third kappa shape index (κ3) is 5.53. The molecule has 3 aromatic rings. The number of nitrogens with one attached hydrogen (secondary N) is 2. The van der Waals surface area contributed by atoms with Gasteiger partial charge >= 0.3 is 5.97 Å². The Labute approximate surface area is 191 Å².